The molecule has 8 fully saturated rings. The van der Waals surface area contributed by atoms with Gasteiger partial charge in [0.15, 0.2) is 0 Å². The third kappa shape index (κ3) is 3.20. The predicted octanol–water partition coefficient (Wildman–Crippen LogP) is 0.748. The highest BCUT2D eigenvalue weighted by Crippen LogP contribution is 2.62. The molecular weight excluding hydrogens is 375 g/mol. The lowest BCUT2D eigenvalue weighted by atomic mass is 9.44. The number of morpholine rings is 2. The molecule has 0 aromatic heterocycles. The SMILES string of the molecule is Cl.Cl.NC12CC(N3CCOCC3)(C1)C2.NC12CC(N3CCOCC3)(C1)C2. The molecule has 4 N–H and O–H groups in total. The van der Waals surface area contributed by atoms with Crippen molar-refractivity contribution >= 4 is 24.8 Å². The van der Waals surface area contributed by atoms with Crippen LogP contribution in [0, 0.1) is 0 Å². The van der Waals surface area contributed by atoms with Gasteiger partial charge in [-0.2, -0.15) is 0 Å². The van der Waals surface area contributed by atoms with Crippen molar-refractivity contribution in [3.8, 4) is 0 Å². The van der Waals surface area contributed by atoms with E-state index in [2.05, 4.69) is 9.80 Å². The van der Waals surface area contributed by atoms with Crippen LogP contribution in [0.25, 0.3) is 0 Å². The minimum atomic E-state index is 0. The molecule has 0 spiro atoms. The Labute approximate surface area is 169 Å². The standard InChI is InChI=1S/2C9H16N2O.2ClH/c2*10-8-5-9(6-8,7-8)11-1-3-12-4-2-11;;/h2*1-7,10H2;2*1H. The number of nitrogens with zero attached hydrogens (tertiary/aromatic N) is 2. The highest BCUT2D eigenvalue weighted by atomic mass is 35.5. The number of hydrogen-bond donors (Lipinski definition) is 2. The van der Waals surface area contributed by atoms with Crippen molar-refractivity contribution in [2.75, 3.05) is 52.6 Å². The van der Waals surface area contributed by atoms with Crippen LogP contribution in [0.5, 0.6) is 0 Å². The van der Waals surface area contributed by atoms with E-state index >= 15 is 0 Å². The van der Waals surface area contributed by atoms with Gasteiger partial charge in [-0.1, -0.05) is 0 Å². The quantitative estimate of drug-likeness (QED) is 0.701. The van der Waals surface area contributed by atoms with Crippen LogP contribution in [0.1, 0.15) is 38.5 Å². The third-order valence-electron chi connectivity index (χ3n) is 7.45. The first-order valence-electron chi connectivity index (χ1n) is 9.69. The van der Waals surface area contributed by atoms with E-state index in [9.17, 15) is 0 Å². The van der Waals surface area contributed by atoms with E-state index in [-0.39, 0.29) is 35.9 Å². The van der Waals surface area contributed by atoms with Crippen LogP contribution >= 0.6 is 24.8 Å². The summed E-state index contributed by atoms with van der Waals surface area (Å²) in [5, 5.41) is 0. The first-order chi connectivity index (χ1) is 11.5. The van der Waals surface area contributed by atoms with E-state index in [0.29, 0.717) is 11.1 Å². The molecule has 0 radical (unpaired) electrons. The van der Waals surface area contributed by atoms with E-state index in [1.54, 1.807) is 0 Å². The molecule has 26 heavy (non-hydrogen) atoms. The molecule has 0 unspecified atom stereocenters. The van der Waals surface area contributed by atoms with Crippen LogP contribution < -0.4 is 11.5 Å². The molecule has 2 saturated heterocycles. The maximum absolute atomic E-state index is 6.02. The van der Waals surface area contributed by atoms with Crippen LogP contribution in [0.15, 0.2) is 0 Å². The Morgan fingerprint density at radius 3 is 1.04 bits per heavy atom. The van der Waals surface area contributed by atoms with E-state index in [0.717, 1.165) is 52.6 Å². The molecule has 2 aliphatic heterocycles. The molecule has 6 saturated carbocycles. The molecule has 0 aromatic carbocycles. The molecule has 6 aliphatic carbocycles. The second kappa shape index (κ2) is 6.99. The second-order valence-corrected chi connectivity index (χ2v) is 9.43. The van der Waals surface area contributed by atoms with Gasteiger partial charge in [-0.25, -0.2) is 0 Å². The average molecular weight is 409 g/mol. The second-order valence-electron chi connectivity index (χ2n) is 9.43. The highest BCUT2D eigenvalue weighted by molar-refractivity contribution is 5.85. The molecular formula is C18H34Cl2N4O2. The fourth-order valence-corrected chi connectivity index (χ4v) is 6.37. The van der Waals surface area contributed by atoms with Crippen molar-refractivity contribution in [3.05, 3.63) is 0 Å². The summed E-state index contributed by atoms with van der Waals surface area (Å²) in [4.78, 5) is 5.18. The smallest absolute Gasteiger partial charge is 0.0594 e. The third-order valence-corrected chi connectivity index (χ3v) is 7.45. The number of halogens is 2. The lowest BCUT2D eigenvalue weighted by molar-refractivity contribution is -0.181. The molecule has 6 nitrogen and oxygen atoms in total. The predicted molar refractivity (Wildman–Crippen MR) is 106 cm³/mol. The van der Waals surface area contributed by atoms with Crippen LogP contribution in [0.3, 0.4) is 0 Å². The molecule has 0 amide bonds. The largest absolute Gasteiger partial charge is 0.379 e. The molecule has 2 heterocycles. The van der Waals surface area contributed by atoms with Crippen molar-refractivity contribution in [3.63, 3.8) is 0 Å². The van der Waals surface area contributed by atoms with Gasteiger partial charge in [-0.05, 0) is 38.5 Å². The minimum Gasteiger partial charge on any atom is -0.379 e. The van der Waals surface area contributed by atoms with Gasteiger partial charge in [-0.15, -0.1) is 24.8 Å². The lowest BCUT2D eigenvalue weighted by Crippen LogP contribution is -2.82. The normalized spacial score (nSPS) is 48.7. The molecule has 8 rings (SSSR count). The summed E-state index contributed by atoms with van der Waals surface area (Å²) >= 11 is 0. The Bertz CT molecular complexity index is 438. The van der Waals surface area contributed by atoms with Gasteiger partial charge in [0.2, 0.25) is 0 Å². The summed E-state index contributed by atoms with van der Waals surface area (Å²) in [5.41, 5.74) is 13.6. The molecule has 4 bridgehead atoms. The van der Waals surface area contributed by atoms with Crippen molar-refractivity contribution in [1.29, 1.82) is 0 Å². The molecule has 8 aliphatic rings. The summed E-state index contributed by atoms with van der Waals surface area (Å²) in [6.07, 6.45) is 7.42. The number of nitrogens with two attached hydrogens (primary N) is 2. The van der Waals surface area contributed by atoms with Crippen LogP contribution in [-0.2, 0) is 9.47 Å². The van der Waals surface area contributed by atoms with Gasteiger partial charge in [0.1, 0.15) is 0 Å². The first-order valence-corrected chi connectivity index (χ1v) is 9.69. The Balaban J connectivity index is 0.000000140. The Hall–Kier alpha value is 0.340. The fourth-order valence-electron chi connectivity index (χ4n) is 6.37. The van der Waals surface area contributed by atoms with Crippen molar-refractivity contribution in [1.82, 2.24) is 9.80 Å². The highest BCUT2D eigenvalue weighted by Gasteiger charge is 2.68. The zero-order chi connectivity index (χ0) is 16.5. The lowest BCUT2D eigenvalue weighted by Gasteiger charge is -2.73. The van der Waals surface area contributed by atoms with Gasteiger partial charge in [0.05, 0.1) is 26.4 Å². The van der Waals surface area contributed by atoms with Crippen molar-refractivity contribution in [2.45, 2.75) is 60.7 Å². The van der Waals surface area contributed by atoms with Gasteiger partial charge >= 0.3 is 0 Å². The summed E-state index contributed by atoms with van der Waals surface area (Å²) < 4.78 is 10.7. The van der Waals surface area contributed by atoms with Crippen LogP contribution in [-0.4, -0.2) is 84.6 Å². The molecule has 152 valence electrons. The fraction of sp³-hybridized carbons (Fsp3) is 1.00. The molecule has 0 aromatic rings. The summed E-state index contributed by atoms with van der Waals surface area (Å²) in [5.74, 6) is 0. The average Bonchev–Trinajstić information content (AvgIpc) is 2.49. The molecule has 8 heteroatoms. The topological polar surface area (TPSA) is 77.0 Å². The van der Waals surface area contributed by atoms with E-state index < -0.39 is 0 Å². The summed E-state index contributed by atoms with van der Waals surface area (Å²) in [7, 11) is 0. The zero-order valence-electron chi connectivity index (χ0n) is 15.6. The van der Waals surface area contributed by atoms with Crippen molar-refractivity contribution in [2.24, 2.45) is 11.5 Å². The van der Waals surface area contributed by atoms with E-state index in [1.165, 1.54) is 38.5 Å². The zero-order valence-corrected chi connectivity index (χ0v) is 17.2. The van der Waals surface area contributed by atoms with Gasteiger partial charge in [-0.3, -0.25) is 9.80 Å². The van der Waals surface area contributed by atoms with Crippen LogP contribution in [0.4, 0.5) is 0 Å². The Morgan fingerprint density at radius 2 is 0.808 bits per heavy atom. The number of hydrogen-bond acceptors (Lipinski definition) is 6. The first kappa shape index (κ1) is 21.1. The maximum Gasteiger partial charge on any atom is 0.0594 e. The van der Waals surface area contributed by atoms with E-state index in [4.69, 9.17) is 20.9 Å². The summed E-state index contributed by atoms with van der Waals surface area (Å²) in [6.45, 7) is 8.15. The van der Waals surface area contributed by atoms with E-state index in [1.807, 2.05) is 0 Å². The Morgan fingerprint density at radius 1 is 0.538 bits per heavy atom. The Kier molecular flexibility index (Phi) is 5.66. The number of ether oxygens (including phenoxy) is 2. The molecule has 0 atom stereocenters. The maximum atomic E-state index is 6.02. The monoisotopic (exact) mass is 408 g/mol. The minimum absolute atomic E-state index is 0. The van der Waals surface area contributed by atoms with Gasteiger partial charge in [0, 0.05) is 48.3 Å². The number of rotatable bonds is 2. The van der Waals surface area contributed by atoms with Crippen molar-refractivity contribution < 1.29 is 9.47 Å². The van der Waals surface area contributed by atoms with Gasteiger partial charge < -0.3 is 20.9 Å². The van der Waals surface area contributed by atoms with Crippen LogP contribution in [0.2, 0.25) is 0 Å². The summed E-state index contributed by atoms with van der Waals surface area (Å²) in [6, 6.07) is 0. The van der Waals surface area contributed by atoms with Gasteiger partial charge in [0.25, 0.3) is 0 Å².